The highest BCUT2D eigenvalue weighted by atomic mass is 16.5. The molecule has 1 unspecified atom stereocenters. The van der Waals surface area contributed by atoms with E-state index in [-0.39, 0.29) is 30.3 Å². The summed E-state index contributed by atoms with van der Waals surface area (Å²) >= 11 is 0. The zero-order valence-electron chi connectivity index (χ0n) is 23.2. The summed E-state index contributed by atoms with van der Waals surface area (Å²) in [6.07, 6.45) is 9.77. The average molecular weight is 530 g/mol. The molecule has 0 saturated heterocycles. The summed E-state index contributed by atoms with van der Waals surface area (Å²) in [6.45, 7) is 7.14. The molecule has 2 aromatic rings. The molecule has 5 nitrogen and oxygen atoms in total. The second-order valence-electron chi connectivity index (χ2n) is 11.2. The molecule has 39 heavy (non-hydrogen) atoms. The second-order valence-corrected chi connectivity index (χ2v) is 11.2. The van der Waals surface area contributed by atoms with Gasteiger partial charge in [0.25, 0.3) is 5.91 Å². The number of benzene rings is 2. The van der Waals surface area contributed by atoms with Crippen LogP contribution in [0.3, 0.4) is 0 Å². The number of para-hydroxylation sites is 1. The minimum atomic E-state index is -0.378. The average Bonchev–Trinajstić information content (AvgIpc) is 3.48. The van der Waals surface area contributed by atoms with Crippen LogP contribution in [0.1, 0.15) is 57.4 Å². The molecule has 2 aromatic carbocycles. The summed E-state index contributed by atoms with van der Waals surface area (Å²) in [5.74, 6) is 1.37. The van der Waals surface area contributed by atoms with Gasteiger partial charge in [-0.1, -0.05) is 74.5 Å². The number of aliphatic hydroxyl groups is 1. The van der Waals surface area contributed by atoms with Crippen LogP contribution in [0, 0.1) is 23.7 Å². The van der Waals surface area contributed by atoms with Gasteiger partial charge in [-0.25, -0.2) is 0 Å². The molecule has 1 N–H and O–H groups in total. The van der Waals surface area contributed by atoms with Crippen LogP contribution >= 0.6 is 0 Å². The van der Waals surface area contributed by atoms with Gasteiger partial charge in [0.2, 0.25) is 0 Å². The summed E-state index contributed by atoms with van der Waals surface area (Å²) < 4.78 is 5.90. The Morgan fingerprint density at radius 1 is 1.05 bits per heavy atom. The number of hydrogen-bond donors (Lipinski definition) is 1. The molecule has 2 aliphatic rings. The SMILES string of the molecule is C=C(CCCC)C(=O)C=C[C@H]1[C@@H]2CC(CCOCC(=O)N(Cc3ccccc3)c3ccccc3)C[C@H]2C[C@@H]1O. The van der Waals surface area contributed by atoms with E-state index in [0.717, 1.165) is 56.2 Å². The topological polar surface area (TPSA) is 66.8 Å². The van der Waals surface area contributed by atoms with Gasteiger partial charge in [0.15, 0.2) is 5.78 Å². The molecule has 0 radical (unpaired) electrons. The van der Waals surface area contributed by atoms with E-state index < -0.39 is 0 Å². The van der Waals surface area contributed by atoms with Crippen molar-refractivity contribution in [3.05, 3.63) is 90.5 Å². The maximum absolute atomic E-state index is 13.1. The Balaban J connectivity index is 1.24. The Labute approximate surface area is 233 Å². The van der Waals surface area contributed by atoms with Crippen molar-refractivity contribution in [2.75, 3.05) is 18.1 Å². The van der Waals surface area contributed by atoms with Crippen LogP contribution in [-0.4, -0.2) is 36.1 Å². The van der Waals surface area contributed by atoms with Crippen LogP contribution in [0.4, 0.5) is 5.69 Å². The number of hydrogen-bond acceptors (Lipinski definition) is 4. The van der Waals surface area contributed by atoms with E-state index in [1.165, 1.54) is 0 Å². The monoisotopic (exact) mass is 529 g/mol. The van der Waals surface area contributed by atoms with Crippen molar-refractivity contribution in [2.45, 2.75) is 64.5 Å². The maximum Gasteiger partial charge on any atom is 0.253 e. The molecular weight excluding hydrogens is 486 g/mol. The first-order valence-corrected chi connectivity index (χ1v) is 14.5. The number of anilines is 1. The van der Waals surface area contributed by atoms with Crippen LogP contribution in [-0.2, 0) is 20.9 Å². The van der Waals surface area contributed by atoms with E-state index in [0.29, 0.717) is 36.5 Å². The van der Waals surface area contributed by atoms with E-state index >= 15 is 0 Å². The zero-order valence-corrected chi connectivity index (χ0v) is 23.2. The van der Waals surface area contributed by atoms with Gasteiger partial charge in [-0.15, -0.1) is 0 Å². The number of fused-ring (bicyclic) bond motifs is 1. The second kappa shape index (κ2) is 14.4. The Morgan fingerprint density at radius 2 is 1.77 bits per heavy atom. The van der Waals surface area contributed by atoms with Crippen LogP contribution in [0.5, 0.6) is 0 Å². The van der Waals surface area contributed by atoms with Gasteiger partial charge < -0.3 is 14.7 Å². The van der Waals surface area contributed by atoms with Crippen molar-refractivity contribution >= 4 is 17.4 Å². The lowest BCUT2D eigenvalue weighted by molar-refractivity contribution is -0.123. The minimum Gasteiger partial charge on any atom is -0.392 e. The third kappa shape index (κ3) is 8.00. The van der Waals surface area contributed by atoms with E-state index in [1.54, 1.807) is 11.0 Å². The summed E-state index contributed by atoms with van der Waals surface area (Å²) in [5, 5.41) is 10.6. The van der Waals surface area contributed by atoms with Crippen molar-refractivity contribution in [3.63, 3.8) is 0 Å². The Bertz CT molecular complexity index is 1110. The van der Waals surface area contributed by atoms with E-state index in [4.69, 9.17) is 4.74 Å². The number of nitrogens with zero attached hydrogens (tertiary/aromatic N) is 1. The van der Waals surface area contributed by atoms with Gasteiger partial charge in [-0.2, -0.15) is 0 Å². The molecule has 1 amide bonds. The third-order valence-corrected chi connectivity index (χ3v) is 8.43. The van der Waals surface area contributed by atoms with E-state index in [1.807, 2.05) is 66.7 Å². The first-order chi connectivity index (χ1) is 19.0. The molecule has 208 valence electrons. The molecular formula is C34H43NO4. The first-order valence-electron chi connectivity index (χ1n) is 14.5. The number of ketones is 1. The van der Waals surface area contributed by atoms with Crippen LogP contribution in [0.2, 0.25) is 0 Å². The molecule has 0 aromatic heterocycles. The van der Waals surface area contributed by atoms with Crippen molar-refractivity contribution < 1.29 is 19.4 Å². The Kier molecular flexibility index (Phi) is 10.7. The van der Waals surface area contributed by atoms with Gasteiger partial charge in [-0.05, 0) is 85.6 Å². The number of allylic oxidation sites excluding steroid dienone is 2. The molecule has 0 spiro atoms. The van der Waals surface area contributed by atoms with Crippen LogP contribution in [0.25, 0.3) is 0 Å². The fourth-order valence-corrected chi connectivity index (χ4v) is 6.29. The molecule has 5 atom stereocenters. The smallest absolute Gasteiger partial charge is 0.253 e. The molecule has 0 heterocycles. The van der Waals surface area contributed by atoms with Crippen molar-refractivity contribution in [2.24, 2.45) is 23.7 Å². The lowest BCUT2D eigenvalue weighted by atomic mass is 9.89. The van der Waals surface area contributed by atoms with E-state index in [9.17, 15) is 14.7 Å². The predicted octanol–water partition coefficient (Wildman–Crippen LogP) is 6.52. The largest absolute Gasteiger partial charge is 0.392 e. The highest BCUT2D eigenvalue weighted by molar-refractivity contribution is 6.03. The predicted molar refractivity (Wildman–Crippen MR) is 156 cm³/mol. The number of aliphatic hydroxyl groups excluding tert-OH is 1. The fraction of sp³-hybridized carbons (Fsp3) is 0.471. The molecule has 2 aliphatic carbocycles. The van der Waals surface area contributed by atoms with E-state index in [2.05, 4.69) is 13.5 Å². The van der Waals surface area contributed by atoms with Crippen LogP contribution < -0.4 is 4.90 Å². The molecule has 0 aliphatic heterocycles. The number of amides is 1. The molecule has 2 saturated carbocycles. The van der Waals surface area contributed by atoms with Crippen molar-refractivity contribution in [1.29, 1.82) is 0 Å². The van der Waals surface area contributed by atoms with Gasteiger partial charge in [0, 0.05) is 18.2 Å². The Morgan fingerprint density at radius 3 is 2.49 bits per heavy atom. The third-order valence-electron chi connectivity index (χ3n) is 8.43. The first kappa shape index (κ1) is 29.0. The van der Waals surface area contributed by atoms with Crippen LogP contribution in [0.15, 0.2) is 85.0 Å². The van der Waals surface area contributed by atoms with Crippen molar-refractivity contribution in [1.82, 2.24) is 0 Å². The zero-order chi connectivity index (χ0) is 27.6. The van der Waals surface area contributed by atoms with Gasteiger partial charge in [0.1, 0.15) is 6.61 Å². The molecule has 5 heteroatoms. The summed E-state index contributed by atoms with van der Waals surface area (Å²) in [6, 6.07) is 19.7. The summed E-state index contributed by atoms with van der Waals surface area (Å²) in [7, 11) is 0. The number of unbranched alkanes of at least 4 members (excludes halogenated alkanes) is 1. The standard InChI is InChI=1S/C34H43NO4/c1-3-4-11-25(2)32(36)17-16-30-31-21-27(20-28(31)22-33(30)37)18-19-39-24-34(38)35(29-14-9-6-10-15-29)23-26-12-7-5-8-13-26/h5-10,12-17,27-28,30-31,33,37H,2-4,11,18-24H2,1H3/t27?,28-,30-,31+,33-/m0/s1. The fourth-order valence-electron chi connectivity index (χ4n) is 6.29. The van der Waals surface area contributed by atoms with Crippen molar-refractivity contribution in [3.8, 4) is 0 Å². The number of rotatable bonds is 14. The molecule has 2 fully saturated rings. The van der Waals surface area contributed by atoms with Gasteiger partial charge in [0.05, 0.1) is 12.6 Å². The maximum atomic E-state index is 13.1. The van der Waals surface area contributed by atoms with Gasteiger partial charge in [-0.3, -0.25) is 9.59 Å². The highest BCUT2D eigenvalue weighted by Crippen LogP contribution is 2.51. The number of ether oxygens (including phenoxy) is 1. The number of carbonyl (C=O) groups is 2. The quantitative estimate of drug-likeness (QED) is 0.223. The summed E-state index contributed by atoms with van der Waals surface area (Å²) in [5.41, 5.74) is 2.59. The molecule has 0 bridgehead atoms. The highest BCUT2D eigenvalue weighted by Gasteiger charge is 2.46. The molecule has 4 rings (SSSR count). The lowest BCUT2D eigenvalue weighted by Crippen LogP contribution is -2.33. The Hall–Kier alpha value is -3.02. The normalized spacial score (nSPS) is 24.1. The van der Waals surface area contributed by atoms with Gasteiger partial charge >= 0.3 is 0 Å². The number of carbonyl (C=O) groups excluding carboxylic acids is 2. The lowest BCUT2D eigenvalue weighted by Gasteiger charge is -2.23. The minimum absolute atomic E-state index is 0.0106. The summed E-state index contributed by atoms with van der Waals surface area (Å²) in [4.78, 5) is 27.4.